The lowest BCUT2D eigenvalue weighted by atomic mass is 9.91. The molecule has 0 aliphatic carbocycles. The molecule has 0 aliphatic heterocycles. The number of aryl methyl sites for hydroxylation is 3. The van der Waals surface area contributed by atoms with Crippen LogP contribution in [0.5, 0.6) is 0 Å². The predicted molar refractivity (Wildman–Crippen MR) is 201 cm³/mol. The van der Waals surface area contributed by atoms with Crippen LogP contribution in [-0.2, 0) is 6.42 Å². The van der Waals surface area contributed by atoms with Crippen molar-refractivity contribution in [1.82, 2.24) is 0 Å². The van der Waals surface area contributed by atoms with E-state index in [1.807, 2.05) is 0 Å². The number of rotatable bonds is 5. The number of fused-ring (bicyclic) bond motifs is 6. The van der Waals surface area contributed by atoms with Gasteiger partial charge < -0.3 is 8.83 Å². The Bertz CT molecular complexity index is 2680. The summed E-state index contributed by atoms with van der Waals surface area (Å²) in [5, 5.41) is 4.59. The van der Waals surface area contributed by atoms with Crippen LogP contribution >= 0.6 is 0 Å². The van der Waals surface area contributed by atoms with E-state index >= 15 is 0 Å². The molecule has 48 heavy (non-hydrogen) atoms. The van der Waals surface area contributed by atoms with Gasteiger partial charge in [-0.1, -0.05) is 151 Å². The van der Waals surface area contributed by atoms with Gasteiger partial charge in [0.2, 0.25) is 0 Å². The monoisotopic (exact) mass is 618 g/mol. The number of furan rings is 2. The number of hydrogen-bond acceptors (Lipinski definition) is 2. The Labute approximate surface area is 279 Å². The molecule has 2 aromatic heterocycles. The summed E-state index contributed by atoms with van der Waals surface area (Å²) in [5.41, 5.74) is 16.7. The Hall–Kier alpha value is -5.86. The molecule has 0 N–H and O–H groups in total. The molecule has 230 valence electrons. The third kappa shape index (κ3) is 4.64. The first-order chi connectivity index (χ1) is 23.5. The summed E-state index contributed by atoms with van der Waals surface area (Å²) in [7, 11) is 0. The van der Waals surface area contributed by atoms with Crippen LogP contribution in [-0.4, -0.2) is 0 Å². The second-order valence-corrected chi connectivity index (χ2v) is 13.1. The van der Waals surface area contributed by atoms with E-state index in [9.17, 15) is 0 Å². The highest BCUT2D eigenvalue weighted by Gasteiger charge is 2.20. The van der Waals surface area contributed by atoms with Crippen LogP contribution in [0, 0.1) is 20.8 Å². The maximum absolute atomic E-state index is 6.95. The molecule has 0 saturated carbocycles. The van der Waals surface area contributed by atoms with Crippen molar-refractivity contribution < 1.29 is 8.83 Å². The van der Waals surface area contributed by atoms with Crippen LogP contribution in [0.15, 0.2) is 148 Å². The normalized spacial score (nSPS) is 11.7. The summed E-state index contributed by atoms with van der Waals surface area (Å²) in [6, 6.07) is 50.2. The molecule has 0 radical (unpaired) electrons. The molecule has 0 bridgehead atoms. The van der Waals surface area contributed by atoms with Crippen molar-refractivity contribution in [3.05, 3.63) is 167 Å². The average Bonchev–Trinajstić information content (AvgIpc) is 3.68. The van der Waals surface area contributed by atoms with Gasteiger partial charge >= 0.3 is 0 Å². The number of benzene rings is 7. The zero-order chi connectivity index (χ0) is 32.4. The summed E-state index contributed by atoms with van der Waals surface area (Å²) in [5.74, 6) is 0. The standard InChI is InChI=1S/C46H34O2/c1-28-10-4-14-32(24-28)36-17-8-21-40-41-23-22-35(42(46(41)48-45(36)40)34-16-5-11-29(2)25-34)27-31-13-7-15-33(26-31)37-18-9-20-39-38-19-6-12-30(3)43(38)47-44(37)39/h4-26H,27H2,1-3H3. The molecule has 9 rings (SSSR count). The van der Waals surface area contributed by atoms with Crippen LogP contribution < -0.4 is 0 Å². The fourth-order valence-electron chi connectivity index (χ4n) is 7.46. The molecule has 0 aliphatic rings. The van der Waals surface area contributed by atoms with Crippen LogP contribution in [0.1, 0.15) is 27.8 Å². The zero-order valence-corrected chi connectivity index (χ0v) is 27.3. The summed E-state index contributed by atoms with van der Waals surface area (Å²) in [6.45, 7) is 6.40. The summed E-state index contributed by atoms with van der Waals surface area (Å²) in [6.07, 6.45) is 0.768. The highest BCUT2D eigenvalue weighted by atomic mass is 16.3. The Kier molecular flexibility index (Phi) is 6.58. The number of hydrogen-bond donors (Lipinski definition) is 0. The summed E-state index contributed by atoms with van der Waals surface area (Å²) in [4.78, 5) is 0. The van der Waals surface area contributed by atoms with E-state index in [0.29, 0.717) is 0 Å². The van der Waals surface area contributed by atoms with E-state index in [4.69, 9.17) is 8.83 Å². The largest absolute Gasteiger partial charge is 0.455 e. The molecule has 0 atom stereocenters. The number of para-hydroxylation sites is 3. The quantitative estimate of drug-likeness (QED) is 0.192. The lowest BCUT2D eigenvalue weighted by Gasteiger charge is -2.13. The van der Waals surface area contributed by atoms with Gasteiger partial charge in [-0.05, 0) is 60.6 Å². The molecular weight excluding hydrogens is 585 g/mol. The molecule has 0 spiro atoms. The van der Waals surface area contributed by atoms with Crippen molar-refractivity contribution in [2.45, 2.75) is 27.2 Å². The van der Waals surface area contributed by atoms with Crippen molar-refractivity contribution in [2.24, 2.45) is 0 Å². The van der Waals surface area contributed by atoms with Crippen molar-refractivity contribution in [2.75, 3.05) is 0 Å². The molecule has 0 unspecified atom stereocenters. The van der Waals surface area contributed by atoms with E-state index in [2.05, 4.69) is 160 Å². The first-order valence-corrected chi connectivity index (χ1v) is 16.6. The second-order valence-electron chi connectivity index (χ2n) is 13.1. The topological polar surface area (TPSA) is 26.3 Å². The van der Waals surface area contributed by atoms with E-state index in [1.165, 1.54) is 33.4 Å². The second kappa shape index (κ2) is 11.1. The van der Waals surface area contributed by atoms with E-state index < -0.39 is 0 Å². The molecule has 0 amide bonds. The molecule has 0 fully saturated rings. The van der Waals surface area contributed by atoms with E-state index in [-0.39, 0.29) is 0 Å². The van der Waals surface area contributed by atoms with Crippen LogP contribution in [0.3, 0.4) is 0 Å². The molecular formula is C46H34O2. The van der Waals surface area contributed by atoms with Crippen molar-refractivity contribution in [3.8, 4) is 33.4 Å². The average molecular weight is 619 g/mol. The minimum atomic E-state index is 0.768. The molecule has 2 heterocycles. The summed E-state index contributed by atoms with van der Waals surface area (Å²) >= 11 is 0. The SMILES string of the molecule is Cc1cccc(-c2cccc3c2oc2c(-c4cccc(C)c4)c(Cc4cccc(-c5cccc6c5oc5c(C)cccc56)c4)ccc23)c1. The Morgan fingerprint density at radius 3 is 1.62 bits per heavy atom. The molecule has 0 saturated heterocycles. The Balaban J connectivity index is 1.21. The fourth-order valence-corrected chi connectivity index (χ4v) is 7.46. The predicted octanol–water partition coefficient (Wildman–Crippen LogP) is 13.0. The van der Waals surface area contributed by atoms with Gasteiger partial charge in [0, 0.05) is 38.2 Å². The van der Waals surface area contributed by atoms with Gasteiger partial charge in [-0.15, -0.1) is 0 Å². The summed E-state index contributed by atoms with van der Waals surface area (Å²) < 4.78 is 13.5. The lowest BCUT2D eigenvalue weighted by molar-refractivity contribution is 0.667. The highest BCUT2D eigenvalue weighted by molar-refractivity contribution is 6.14. The van der Waals surface area contributed by atoms with Crippen molar-refractivity contribution in [3.63, 3.8) is 0 Å². The van der Waals surface area contributed by atoms with Crippen LogP contribution in [0.25, 0.3) is 77.3 Å². The smallest absolute Gasteiger partial charge is 0.143 e. The third-order valence-electron chi connectivity index (χ3n) is 9.74. The third-order valence-corrected chi connectivity index (χ3v) is 9.74. The van der Waals surface area contributed by atoms with Crippen LogP contribution in [0.4, 0.5) is 0 Å². The first kappa shape index (κ1) is 28.4. The minimum Gasteiger partial charge on any atom is -0.455 e. The van der Waals surface area contributed by atoms with Crippen molar-refractivity contribution in [1.29, 1.82) is 0 Å². The molecule has 9 aromatic rings. The minimum absolute atomic E-state index is 0.768. The van der Waals surface area contributed by atoms with Crippen LogP contribution in [0.2, 0.25) is 0 Å². The van der Waals surface area contributed by atoms with Gasteiger partial charge in [-0.25, -0.2) is 0 Å². The molecule has 7 aromatic carbocycles. The van der Waals surface area contributed by atoms with Gasteiger partial charge in [-0.2, -0.15) is 0 Å². The maximum Gasteiger partial charge on any atom is 0.143 e. The lowest BCUT2D eigenvalue weighted by Crippen LogP contribution is -1.94. The van der Waals surface area contributed by atoms with Gasteiger partial charge in [0.15, 0.2) is 0 Å². The van der Waals surface area contributed by atoms with Gasteiger partial charge in [0.1, 0.15) is 22.3 Å². The highest BCUT2D eigenvalue weighted by Crippen LogP contribution is 2.43. The Morgan fingerprint density at radius 1 is 0.417 bits per heavy atom. The zero-order valence-electron chi connectivity index (χ0n) is 27.3. The van der Waals surface area contributed by atoms with E-state index in [1.54, 1.807) is 0 Å². The Morgan fingerprint density at radius 2 is 0.938 bits per heavy atom. The van der Waals surface area contributed by atoms with Crippen molar-refractivity contribution >= 4 is 43.9 Å². The van der Waals surface area contributed by atoms with Gasteiger partial charge in [0.05, 0.1) is 0 Å². The van der Waals surface area contributed by atoms with Gasteiger partial charge in [-0.3, -0.25) is 0 Å². The first-order valence-electron chi connectivity index (χ1n) is 16.6. The molecule has 2 heteroatoms. The maximum atomic E-state index is 6.95. The fraction of sp³-hybridized carbons (Fsp3) is 0.0870. The van der Waals surface area contributed by atoms with E-state index in [0.717, 1.165) is 78.1 Å². The van der Waals surface area contributed by atoms with Gasteiger partial charge in [0.25, 0.3) is 0 Å². The molecule has 2 nitrogen and oxygen atoms in total.